The van der Waals surface area contributed by atoms with Crippen molar-refractivity contribution < 1.29 is 14.6 Å². The summed E-state index contributed by atoms with van der Waals surface area (Å²) in [6, 6.07) is 19.0. The average molecular weight is 378 g/mol. The second-order valence-corrected chi connectivity index (χ2v) is 7.19. The lowest BCUT2D eigenvalue weighted by Crippen LogP contribution is -2.17. The molecule has 6 heteroatoms. The Morgan fingerprint density at radius 1 is 1.15 bits per heavy atom. The number of nitrogens with zero attached hydrogens (tertiary/aromatic N) is 2. The molecule has 0 fully saturated rings. The minimum atomic E-state index is -0.930. The van der Waals surface area contributed by atoms with E-state index in [1.54, 1.807) is 30.6 Å². The van der Waals surface area contributed by atoms with Crippen LogP contribution in [0.5, 0.6) is 5.75 Å². The third-order valence-electron chi connectivity index (χ3n) is 4.58. The molecule has 0 bridgehead atoms. The molecule has 0 saturated carbocycles. The molecular formula is C21H18N2O3S. The zero-order chi connectivity index (χ0) is 18.8. The molecule has 0 saturated heterocycles. The first kappa shape index (κ1) is 17.3. The van der Waals surface area contributed by atoms with Crippen molar-refractivity contribution in [2.75, 3.05) is 12.1 Å². The number of hydrogen-bond acceptors (Lipinski definition) is 5. The van der Waals surface area contributed by atoms with E-state index in [0.29, 0.717) is 0 Å². The molecule has 27 heavy (non-hydrogen) atoms. The quantitative estimate of drug-likeness (QED) is 0.692. The molecule has 0 spiro atoms. The molecule has 0 unspecified atom stereocenters. The van der Waals surface area contributed by atoms with Gasteiger partial charge in [0.2, 0.25) is 0 Å². The molecule has 1 atom stereocenters. The van der Waals surface area contributed by atoms with Crippen molar-refractivity contribution in [2.45, 2.75) is 12.5 Å². The van der Waals surface area contributed by atoms with Crippen molar-refractivity contribution in [1.29, 1.82) is 0 Å². The van der Waals surface area contributed by atoms with Crippen LogP contribution in [0.3, 0.4) is 0 Å². The molecule has 2 aromatic carbocycles. The van der Waals surface area contributed by atoms with E-state index < -0.39 is 5.97 Å². The summed E-state index contributed by atoms with van der Waals surface area (Å²) in [6.45, 7) is 0. The second-order valence-electron chi connectivity index (χ2n) is 6.21. The van der Waals surface area contributed by atoms with Crippen molar-refractivity contribution in [3.05, 3.63) is 82.0 Å². The molecule has 1 aliphatic heterocycles. The molecule has 0 amide bonds. The fourth-order valence-corrected chi connectivity index (χ4v) is 3.98. The first-order valence-corrected chi connectivity index (χ1v) is 9.41. The fraction of sp³-hybridized carbons (Fsp3) is 0.143. The van der Waals surface area contributed by atoms with Gasteiger partial charge in [0.05, 0.1) is 30.1 Å². The number of thiophene rings is 1. The van der Waals surface area contributed by atoms with E-state index in [1.165, 1.54) is 4.88 Å². The van der Waals surface area contributed by atoms with Crippen LogP contribution in [0.4, 0.5) is 5.69 Å². The van der Waals surface area contributed by atoms with E-state index in [4.69, 9.17) is 14.9 Å². The number of carboxylic acid groups (broad SMARTS) is 1. The minimum Gasteiger partial charge on any atom is -0.497 e. The van der Waals surface area contributed by atoms with Gasteiger partial charge in [-0.25, -0.2) is 4.79 Å². The Labute approximate surface area is 161 Å². The molecule has 5 nitrogen and oxygen atoms in total. The third kappa shape index (κ3) is 3.44. The van der Waals surface area contributed by atoms with Gasteiger partial charge in [-0.3, -0.25) is 5.01 Å². The Morgan fingerprint density at radius 2 is 1.89 bits per heavy atom. The lowest BCUT2D eigenvalue weighted by atomic mass is 10.0. The minimum absolute atomic E-state index is 0.0952. The summed E-state index contributed by atoms with van der Waals surface area (Å²) in [5.74, 6) is -0.117. The van der Waals surface area contributed by atoms with Crippen LogP contribution in [0, 0.1) is 0 Å². The summed E-state index contributed by atoms with van der Waals surface area (Å²) in [5, 5.41) is 18.0. The number of carbonyl (C=O) groups is 1. The maximum absolute atomic E-state index is 11.1. The molecule has 0 aliphatic carbocycles. The smallest absolute Gasteiger partial charge is 0.335 e. The molecule has 1 aromatic heterocycles. The number of ether oxygens (including phenoxy) is 1. The molecule has 2 heterocycles. The third-order valence-corrected chi connectivity index (χ3v) is 5.56. The van der Waals surface area contributed by atoms with Crippen molar-refractivity contribution in [1.82, 2.24) is 0 Å². The van der Waals surface area contributed by atoms with E-state index >= 15 is 0 Å². The summed E-state index contributed by atoms with van der Waals surface area (Å²) >= 11 is 1.70. The van der Waals surface area contributed by atoms with Crippen LogP contribution in [0.25, 0.3) is 0 Å². The van der Waals surface area contributed by atoms with Gasteiger partial charge in [-0.2, -0.15) is 5.10 Å². The maximum atomic E-state index is 11.1. The Bertz CT molecular complexity index is 964. The van der Waals surface area contributed by atoms with Gasteiger partial charge < -0.3 is 9.84 Å². The first-order valence-electron chi connectivity index (χ1n) is 8.53. The van der Waals surface area contributed by atoms with Gasteiger partial charge in [-0.1, -0.05) is 6.07 Å². The molecule has 0 radical (unpaired) electrons. The van der Waals surface area contributed by atoms with Gasteiger partial charge >= 0.3 is 5.97 Å². The Balaban J connectivity index is 1.70. The molecule has 136 valence electrons. The summed E-state index contributed by atoms with van der Waals surface area (Å²) in [6.07, 6.45) is 0.785. The summed E-state index contributed by atoms with van der Waals surface area (Å²) in [4.78, 5) is 12.4. The summed E-state index contributed by atoms with van der Waals surface area (Å²) in [7, 11) is 1.65. The number of benzene rings is 2. The Hall–Kier alpha value is -3.12. The Morgan fingerprint density at radius 3 is 2.48 bits per heavy atom. The van der Waals surface area contributed by atoms with Crippen molar-refractivity contribution in [2.24, 2.45) is 5.10 Å². The van der Waals surface area contributed by atoms with Gasteiger partial charge in [0.15, 0.2) is 0 Å². The van der Waals surface area contributed by atoms with Gasteiger partial charge in [-0.15, -0.1) is 11.3 Å². The van der Waals surface area contributed by atoms with Crippen molar-refractivity contribution >= 4 is 28.7 Å². The highest BCUT2D eigenvalue weighted by Crippen LogP contribution is 2.38. The van der Waals surface area contributed by atoms with Crippen LogP contribution >= 0.6 is 11.3 Å². The number of hydrazone groups is 1. The number of carboxylic acids is 1. The molecular weight excluding hydrogens is 360 g/mol. The topological polar surface area (TPSA) is 62.1 Å². The average Bonchev–Trinajstić information content (AvgIpc) is 3.38. The highest BCUT2D eigenvalue weighted by molar-refractivity contribution is 7.10. The SMILES string of the molecule is COc1ccc(C2=NN(c3ccc(C(=O)O)cc3)[C@@H](c3cccs3)C2)cc1. The first-order chi connectivity index (χ1) is 13.2. The predicted molar refractivity (Wildman–Crippen MR) is 107 cm³/mol. The van der Waals surface area contributed by atoms with E-state index in [0.717, 1.165) is 29.1 Å². The molecule has 4 rings (SSSR count). The van der Waals surface area contributed by atoms with Crippen molar-refractivity contribution in [3.63, 3.8) is 0 Å². The molecule has 1 aliphatic rings. The highest BCUT2D eigenvalue weighted by atomic mass is 32.1. The molecule has 3 aromatic rings. The normalized spacial score (nSPS) is 16.3. The van der Waals surface area contributed by atoms with Gasteiger partial charge in [0, 0.05) is 11.3 Å². The second kappa shape index (κ2) is 7.25. The summed E-state index contributed by atoms with van der Waals surface area (Å²) in [5.41, 5.74) is 3.20. The van der Waals surface area contributed by atoms with Crippen LogP contribution in [-0.2, 0) is 0 Å². The number of hydrogen-bond donors (Lipinski definition) is 1. The number of methoxy groups -OCH3 is 1. The predicted octanol–water partition coefficient (Wildman–Crippen LogP) is 4.81. The standard InChI is InChI=1S/C21H18N2O3S/c1-26-17-10-6-14(7-11-17)18-13-19(20-3-2-12-27-20)23(22-18)16-8-4-15(5-9-16)21(24)25/h2-12,19H,13H2,1H3,(H,24,25)/t19-/m1/s1. The lowest BCUT2D eigenvalue weighted by Gasteiger charge is -2.22. The maximum Gasteiger partial charge on any atom is 0.335 e. The summed E-state index contributed by atoms with van der Waals surface area (Å²) < 4.78 is 5.24. The van der Waals surface area contributed by atoms with Crippen LogP contribution in [-0.4, -0.2) is 23.9 Å². The lowest BCUT2D eigenvalue weighted by molar-refractivity contribution is 0.0697. The van der Waals surface area contributed by atoms with Gasteiger partial charge in [0.25, 0.3) is 0 Å². The van der Waals surface area contributed by atoms with Crippen LogP contribution < -0.4 is 9.75 Å². The van der Waals surface area contributed by atoms with E-state index in [1.807, 2.05) is 47.5 Å². The van der Waals surface area contributed by atoms with E-state index in [9.17, 15) is 4.79 Å². The van der Waals surface area contributed by atoms with Crippen LogP contribution in [0.15, 0.2) is 71.1 Å². The zero-order valence-corrected chi connectivity index (χ0v) is 15.5. The largest absolute Gasteiger partial charge is 0.497 e. The molecule has 1 N–H and O–H groups in total. The van der Waals surface area contributed by atoms with E-state index in [-0.39, 0.29) is 11.6 Å². The fourth-order valence-electron chi connectivity index (χ4n) is 3.17. The van der Waals surface area contributed by atoms with Crippen LogP contribution in [0.2, 0.25) is 0 Å². The highest BCUT2D eigenvalue weighted by Gasteiger charge is 2.30. The van der Waals surface area contributed by atoms with E-state index in [2.05, 4.69) is 11.4 Å². The van der Waals surface area contributed by atoms with Crippen LogP contribution in [0.1, 0.15) is 33.3 Å². The van der Waals surface area contributed by atoms with Gasteiger partial charge in [-0.05, 0) is 65.5 Å². The monoisotopic (exact) mass is 378 g/mol. The zero-order valence-electron chi connectivity index (χ0n) is 14.7. The van der Waals surface area contributed by atoms with Crippen molar-refractivity contribution in [3.8, 4) is 5.75 Å². The van der Waals surface area contributed by atoms with Gasteiger partial charge in [0.1, 0.15) is 5.75 Å². The number of anilines is 1. The number of rotatable bonds is 5. The number of aromatic carboxylic acids is 1. The Kier molecular flexibility index (Phi) is 4.64.